The summed E-state index contributed by atoms with van der Waals surface area (Å²) in [5.41, 5.74) is -0.295. The zero-order valence-corrected chi connectivity index (χ0v) is 10.2. The molecule has 3 aliphatic rings. The predicted octanol–water partition coefficient (Wildman–Crippen LogP) is 1.05. The van der Waals surface area contributed by atoms with Gasteiger partial charge in [-0.05, 0) is 25.2 Å². The number of carbonyl (C=O) groups excluding carboxylic acids is 1. The second kappa shape index (κ2) is 2.88. The van der Waals surface area contributed by atoms with Gasteiger partial charge in [0.15, 0.2) is 15.6 Å². The van der Waals surface area contributed by atoms with Crippen LogP contribution in [0.2, 0.25) is 0 Å². The number of rotatable bonds is 1. The van der Waals surface area contributed by atoms with Crippen molar-refractivity contribution in [3.05, 3.63) is 0 Å². The predicted molar refractivity (Wildman–Crippen MR) is 57.6 cm³/mol. The van der Waals surface area contributed by atoms with E-state index in [1.807, 2.05) is 0 Å². The van der Waals surface area contributed by atoms with E-state index >= 15 is 0 Å². The largest absolute Gasteiger partial charge is 0.346 e. The number of ketones is 1. The molecule has 3 fully saturated rings. The Morgan fingerprint density at radius 3 is 2.81 bits per heavy atom. The van der Waals surface area contributed by atoms with Crippen LogP contribution in [0.4, 0.5) is 0 Å². The van der Waals surface area contributed by atoms with Crippen molar-refractivity contribution in [1.29, 1.82) is 0 Å². The van der Waals surface area contributed by atoms with Crippen molar-refractivity contribution in [2.24, 2.45) is 5.92 Å². The van der Waals surface area contributed by atoms with Crippen molar-refractivity contribution >= 4 is 15.6 Å². The topological polar surface area (TPSA) is 60.4 Å². The van der Waals surface area contributed by atoms with Crippen LogP contribution in [0.15, 0.2) is 0 Å². The molecule has 0 aromatic heterocycles. The fourth-order valence-electron chi connectivity index (χ4n) is 3.73. The molecule has 2 saturated heterocycles. The van der Waals surface area contributed by atoms with Gasteiger partial charge in [-0.3, -0.25) is 4.79 Å². The Labute approximate surface area is 95.3 Å². The van der Waals surface area contributed by atoms with Gasteiger partial charge in [-0.2, -0.15) is 0 Å². The van der Waals surface area contributed by atoms with Crippen LogP contribution in [-0.4, -0.2) is 31.0 Å². The molecule has 0 aromatic carbocycles. The van der Waals surface area contributed by atoms with Crippen LogP contribution in [0.3, 0.4) is 0 Å². The van der Waals surface area contributed by atoms with E-state index in [-0.39, 0.29) is 17.3 Å². The molecule has 16 heavy (non-hydrogen) atoms. The van der Waals surface area contributed by atoms with E-state index < -0.39 is 14.8 Å². The molecule has 2 heterocycles. The van der Waals surface area contributed by atoms with Crippen LogP contribution < -0.4 is 0 Å². The van der Waals surface area contributed by atoms with Crippen molar-refractivity contribution in [1.82, 2.24) is 0 Å². The van der Waals surface area contributed by atoms with Gasteiger partial charge in [0.2, 0.25) is 4.93 Å². The molecule has 0 aromatic rings. The first-order valence-electron chi connectivity index (χ1n) is 5.83. The minimum atomic E-state index is -3.46. The van der Waals surface area contributed by atoms with Gasteiger partial charge in [-0.15, -0.1) is 0 Å². The minimum Gasteiger partial charge on any atom is -0.346 e. The first kappa shape index (κ1) is 10.7. The van der Waals surface area contributed by atoms with E-state index in [2.05, 4.69) is 0 Å². The monoisotopic (exact) mass is 244 g/mol. The molecule has 3 atom stereocenters. The maximum absolute atomic E-state index is 11.9. The number of hydrogen-bond acceptors (Lipinski definition) is 4. The highest BCUT2D eigenvalue weighted by atomic mass is 32.2. The number of ether oxygens (including phenoxy) is 1. The van der Waals surface area contributed by atoms with Crippen LogP contribution >= 0.6 is 0 Å². The number of Topliss-reactive ketones (excluding diaryl/α,β-unsaturated/α-hetero) is 1. The van der Waals surface area contributed by atoms with Gasteiger partial charge in [-0.1, -0.05) is 6.42 Å². The third-order valence-electron chi connectivity index (χ3n) is 4.58. The van der Waals surface area contributed by atoms with Crippen molar-refractivity contribution < 1.29 is 17.9 Å². The van der Waals surface area contributed by atoms with Gasteiger partial charge in [0.1, 0.15) is 0 Å². The lowest BCUT2D eigenvalue weighted by atomic mass is 9.88. The second-order valence-corrected chi connectivity index (χ2v) is 7.61. The third kappa shape index (κ3) is 1.08. The lowest BCUT2D eigenvalue weighted by molar-refractivity contribution is -0.153. The van der Waals surface area contributed by atoms with Crippen LogP contribution in [0.25, 0.3) is 0 Å². The summed E-state index contributed by atoms with van der Waals surface area (Å²) in [6.45, 7) is 0. The second-order valence-electron chi connectivity index (χ2n) is 5.41. The summed E-state index contributed by atoms with van der Waals surface area (Å²) in [7, 11) is -3.46. The summed E-state index contributed by atoms with van der Waals surface area (Å²) >= 11 is 0. The van der Waals surface area contributed by atoms with Crippen molar-refractivity contribution in [3.8, 4) is 0 Å². The molecular formula is C11H16O4S. The van der Waals surface area contributed by atoms with Crippen LogP contribution in [0, 0.1) is 5.92 Å². The molecule has 5 heteroatoms. The highest BCUT2D eigenvalue weighted by Gasteiger charge is 2.67. The molecule has 2 bridgehead atoms. The van der Waals surface area contributed by atoms with E-state index in [1.165, 1.54) is 0 Å². The Hall–Kier alpha value is -0.420. The van der Waals surface area contributed by atoms with E-state index in [0.717, 1.165) is 25.5 Å². The number of sulfone groups is 1. The zero-order valence-electron chi connectivity index (χ0n) is 9.36. The normalized spacial score (nSPS) is 47.1. The molecular weight excluding hydrogens is 228 g/mol. The molecule has 1 aliphatic carbocycles. The Balaban J connectivity index is 2.11. The quantitative estimate of drug-likeness (QED) is 0.691. The van der Waals surface area contributed by atoms with Gasteiger partial charge in [0.25, 0.3) is 0 Å². The number of fused-ring (bicyclic) bond motifs is 1. The summed E-state index contributed by atoms with van der Waals surface area (Å²) in [6.07, 6.45) is 5.62. The van der Waals surface area contributed by atoms with Gasteiger partial charge >= 0.3 is 0 Å². The average molecular weight is 244 g/mol. The molecule has 0 N–H and O–H groups in total. The van der Waals surface area contributed by atoms with Gasteiger partial charge in [0, 0.05) is 19.1 Å². The van der Waals surface area contributed by atoms with Gasteiger partial charge in [-0.25, -0.2) is 8.42 Å². The van der Waals surface area contributed by atoms with E-state index in [9.17, 15) is 13.2 Å². The SMILES string of the molecule is CS(=O)(=O)C12CC3CCCC3(CCC1=O)O2. The maximum atomic E-state index is 11.9. The van der Waals surface area contributed by atoms with Crippen molar-refractivity contribution in [2.75, 3.05) is 6.26 Å². The van der Waals surface area contributed by atoms with E-state index in [1.54, 1.807) is 0 Å². The number of hydrogen-bond donors (Lipinski definition) is 0. The zero-order chi connectivity index (χ0) is 11.6. The first-order valence-corrected chi connectivity index (χ1v) is 7.72. The lowest BCUT2D eigenvalue weighted by Gasteiger charge is -2.37. The Bertz CT molecular complexity index is 455. The summed E-state index contributed by atoms with van der Waals surface area (Å²) in [5, 5.41) is 0. The third-order valence-corrected chi connectivity index (χ3v) is 6.25. The smallest absolute Gasteiger partial charge is 0.227 e. The van der Waals surface area contributed by atoms with Gasteiger partial charge < -0.3 is 4.74 Å². The van der Waals surface area contributed by atoms with Crippen molar-refractivity contribution in [2.45, 2.75) is 49.1 Å². The molecule has 0 radical (unpaired) electrons. The molecule has 3 rings (SSSR count). The molecule has 3 unspecified atom stereocenters. The summed E-state index contributed by atoms with van der Waals surface area (Å²) in [5.74, 6) is 0.0451. The van der Waals surface area contributed by atoms with Crippen LogP contribution in [0.5, 0.6) is 0 Å². The molecule has 1 spiro atoms. The first-order chi connectivity index (χ1) is 7.40. The Morgan fingerprint density at radius 2 is 2.12 bits per heavy atom. The average Bonchev–Trinajstić information content (AvgIpc) is 2.63. The van der Waals surface area contributed by atoms with Crippen molar-refractivity contribution in [3.63, 3.8) is 0 Å². The van der Waals surface area contributed by atoms with Crippen LogP contribution in [-0.2, 0) is 19.4 Å². The Kier molecular flexibility index (Phi) is 1.93. The fourth-order valence-corrected chi connectivity index (χ4v) is 5.07. The minimum absolute atomic E-state index is 0.227. The fraction of sp³-hybridized carbons (Fsp3) is 0.909. The molecule has 4 nitrogen and oxygen atoms in total. The molecule has 1 saturated carbocycles. The summed E-state index contributed by atoms with van der Waals surface area (Å²) in [4.78, 5) is 10.5. The number of carbonyl (C=O) groups is 1. The van der Waals surface area contributed by atoms with E-state index in [0.29, 0.717) is 19.3 Å². The van der Waals surface area contributed by atoms with Crippen LogP contribution in [0.1, 0.15) is 38.5 Å². The summed E-state index contributed by atoms with van der Waals surface area (Å²) < 4.78 is 29.6. The molecule has 2 aliphatic heterocycles. The highest BCUT2D eigenvalue weighted by Crippen LogP contribution is 2.58. The summed E-state index contributed by atoms with van der Waals surface area (Å²) in [6, 6.07) is 0. The standard InChI is InChI=1S/C11H16O4S/c1-16(13,14)11-7-8-3-2-5-10(8,15-11)6-4-9(11)12/h8H,2-7H2,1H3. The lowest BCUT2D eigenvalue weighted by Crippen LogP contribution is -2.51. The van der Waals surface area contributed by atoms with Gasteiger partial charge in [0.05, 0.1) is 5.60 Å². The maximum Gasteiger partial charge on any atom is 0.227 e. The molecule has 0 amide bonds. The highest BCUT2D eigenvalue weighted by molar-refractivity contribution is 7.92. The Morgan fingerprint density at radius 1 is 1.38 bits per heavy atom. The molecule has 90 valence electrons. The van der Waals surface area contributed by atoms with E-state index in [4.69, 9.17) is 4.74 Å².